The molecule has 4 nitrogen and oxygen atoms in total. The van der Waals surface area contributed by atoms with Gasteiger partial charge in [-0.15, -0.1) is 0 Å². The van der Waals surface area contributed by atoms with Gasteiger partial charge in [-0.1, -0.05) is 6.92 Å². The van der Waals surface area contributed by atoms with Gasteiger partial charge < -0.3 is 9.15 Å². The summed E-state index contributed by atoms with van der Waals surface area (Å²) in [7, 11) is 1.32. The number of esters is 1. The van der Waals surface area contributed by atoms with Crippen molar-refractivity contribution < 1.29 is 13.9 Å². The minimum absolute atomic E-state index is 0.203. The highest BCUT2D eigenvalue weighted by Crippen LogP contribution is 2.11. The van der Waals surface area contributed by atoms with Crippen LogP contribution in [0.4, 0.5) is 0 Å². The van der Waals surface area contributed by atoms with Crippen LogP contribution in [-0.4, -0.2) is 18.1 Å². The fraction of sp³-hybridized carbons (Fsp3) is 0.500. The number of methoxy groups -OCH3 is 1. The third kappa shape index (κ3) is 1.47. The summed E-state index contributed by atoms with van der Waals surface area (Å²) in [4.78, 5) is 15.0. The summed E-state index contributed by atoms with van der Waals surface area (Å²) in [5.74, 6) is 0.293. The van der Waals surface area contributed by atoms with Crippen LogP contribution in [0.5, 0.6) is 0 Å². The molecule has 1 heterocycles. The van der Waals surface area contributed by atoms with Gasteiger partial charge in [-0.2, -0.15) is 0 Å². The van der Waals surface area contributed by atoms with Gasteiger partial charge in [0.25, 0.3) is 0 Å². The van der Waals surface area contributed by atoms with E-state index < -0.39 is 5.97 Å². The van der Waals surface area contributed by atoms with Gasteiger partial charge in [0.05, 0.1) is 12.8 Å². The standard InChI is InChI=1S/C8H11NO3/c1-4-6-9-5(2)7(12-6)8(10)11-3/h4H2,1-3H3. The zero-order chi connectivity index (χ0) is 9.14. The molecule has 0 aliphatic carbocycles. The molecule has 0 radical (unpaired) electrons. The zero-order valence-electron chi connectivity index (χ0n) is 7.38. The average molecular weight is 169 g/mol. The molecule has 66 valence electrons. The molecule has 0 saturated carbocycles. The van der Waals surface area contributed by atoms with Crippen LogP contribution >= 0.6 is 0 Å². The fourth-order valence-corrected chi connectivity index (χ4v) is 0.886. The number of hydrogen-bond acceptors (Lipinski definition) is 4. The molecule has 0 aliphatic rings. The fourth-order valence-electron chi connectivity index (χ4n) is 0.886. The monoisotopic (exact) mass is 169 g/mol. The van der Waals surface area contributed by atoms with E-state index >= 15 is 0 Å². The van der Waals surface area contributed by atoms with Gasteiger partial charge in [-0.25, -0.2) is 9.78 Å². The maximum absolute atomic E-state index is 11.0. The van der Waals surface area contributed by atoms with Crippen LogP contribution in [0.25, 0.3) is 0 Å². The Labute approximate surface area is 70.5 Å². The number of hydrogen-bond donors (Lipinski definition) is 0. The van der Waals surface area contributed by atoms with E-state index in [0.29, 0.717) is 18.0 Å². The van der Waals surface area contributed by atoms with Crippen molar-refractivity contribution in [3.05, 3.63) is 17.3 Å². The van der Waals surface area contributed by atoms with Crippen LogP contribution in [0.2, 0.25) is 0 Å². The van der Waals surface area contributed by atoms with Crippen LogP contribution in [0.15, 0.2) is 4.42 Å². The highest BCUT2D eigenvalue weighted by Gasteiger charge is 2.16. The van der Waals surface area contributed by atoms with E-state index in [-0.39, 0.29) is 5.76 Å². The number of aryl methyl sites for hydroxylation is 2. The third-order valence-corrected chi connectivity index (χ3v) is 1.51. The Morgan fingerprint density at radius 1 is 1.67 bits per heavy atom. The smallest absolute Gasteiger partial charge is 0.375 e. The molecule has 0 amide bonds. The van der Waals surface area contributed by atoms with Crippen molar-refractivity contribution in [1.29, 1.82) is 0 Å². The summed E-state index contributed by atoms with van der Waals surface area (Å²) < 4.78 is 9.63. The number of oxazole rings is 1. The molecule has 0 unspecified atom stereocenters. The van der Waals surface area contributed by atoms with E-state index in [0.717, 1.165) is 0 Å². The molecule has 0 atom stereocenters. The molecule has 1 aromatic rings. The molecule has 12 heavy (non-hydrogen) atoms. The van der Waals surface area contributed by atoms with Gasteiger partial charge in [0.1, 0.15) is 0 Å². The number of carbonyl (C=O) groups is 1. The topological polar surface area (TPSA) is 52.3 Å². The van der Waals surface area contributed by atoms with Crippen molar-refractivity contribution in [2.24, 2.45) is 0 Å². The van der Waals surface area contributed by atoms with E-state index in [2.05, 4.69) is 9.72 Å². The van der Waals surface area contributed by atoms with E-state index in [4.69, 9.17) is 4.42 Å². The highest BCUT2D eigenvalue weighted by molar-refractivity contribution is 5.87. The van der Waals surface area contributed by atoms with Crippen LogP contribution in [0.3, 0.4) is 0 Å². The molecule has 4 heteroatoms. The molecule has 0 saturated heterocycles. The van der Waals surface area contributed by atoms with Crippen molar-refractivity contribution >= 4 is 5.97 Å². The van der Waals surface area contributed by atoms with Crippen molar-refractivity contribution in [2.45, 2.75) is 20.3 Å². The summed E-state index contributed by atoms with van der Waals surface area (Å²) >= 11 is 0. The van der Waals surface area contributed by atoms with Gasteiger partial charge in [-0.3, -0.25) is 0 Å². The first-order valence-electron chi connectivity index (χ1n) is 3.73. The van der Waals surface area contributed by atoms with Crippen LogP contribution in [0, 0.1) is 6.92 Å². The first kappa shape index (κ1) is 8.77. The maximum Gasteiger partial charge on any atom is 0.375 e. The van der Waals surface area contributed by atoms with Crippen molar-refractivity contribution in [2.75, 3.05) is 7.11 Å². The van der Waals surface area contributed by atoms with Crippen LogP contribution in [-0.2, 0) is 11.2 Å². The predicted molar refractivity (Wildman–Crippen MR) is 42.0 cm³/mol. The highest BCUT2D eigenvalue weighted by atomic mass is 16.5. The minimum Gasteiger partial charge on any atom is -0.463 e. The molecule has 0 aromatic carbocycles. The molecule has 0 N–H and O–H groups in total. The van der Waals surface area contributed by atoms with Crippen molar-refractivity contribution in [3.63, 3.8) is 0 Å². The van der Waals surface area contributed by atoms with Gasteiger partial charge >= 0.3 is 5.97 Å². The Hall–Kier alpha value is -1.32. The molecule has 1 rings (SSSR count). The second-order valence-electron chi connectivity index (χ2n) is 2.37. The predicted octanol–water partition coefficient (Wildman–Crippen LogP) is 1.33. The second kappa shape index (κ2) is 3.38. The SMILES string of the molecule is CCc1nc(C)c(C(=O)OC)o1. The summed E-state index contributed by atoms with van der Waals surface area (Å²) in [5, 5.41) is 0. The molecular weight excluding hydrogens is 158 g/mol. The van der Waals surface area contributed by atoms with Crippen LogP contribution in [0.1, 0.15) is 29.1 Å². The van der Waals surface area contributed by atoms with E-state index in [1.54, 1.807) is 6.92 Å². The number of aromatic nitrogens is 1. The summed E-state index contributed by atoms with van der Waals surface area (Å²) in [6.45, 7) is 3.63. The molecule has 0 spiro atoms. The average Bonchev–Trinajstić information content (AvgIpc) is 2.45. The first-order valence-corrected chi connectivity index (χ1v) is 3.73. The minimum atomic E-state index is -0.472. The maximum atomic E-state index is 11.0. The van der Waals surface area contributed by atoms with E-state index in [1.165, 1.54) is 7.11 Å². The van der Waals surface area contributed by atoms with E-state index in [1.807, 2.05) is 6.92 Å². The first-order chi connectivity index (χ1) is 5.69. The lowest BCUT2D eigenvalue weighted by Crippen LogP contribution is -2.00. The Morgan fingerprint density at radius 3 is 2.75 bits per heavy atom. The Morgan fingerprint density at radius 2 is 2.33 bits per heavy atom. The quantitative estimate of drug-likeness (QED) is 0.627. The van der Waals surface area contributed by atoms with Gasteiger partial charge in [0.2, 0.25) is 5.76 Å². The van der Waals surface area contributed by atoms with Gasteiger partial charge in [0.15, 0.2) is 5.89 Å². The number of rotatable bonds is 2. The number of ether oxygens (including phenoxy) is 1. The lowest BCUT2D eigenvalue weighted by Gasteiger charge is -1.92. The molecule has 0 fully saturated rings. The Balaban J connectivity index is 2.99. The summed E-state index contributed by atoms with van der Waals surface area (Å²) in [6.07, 6.45) is 0.678. The summed E-state index contributed by atoms with van der Waals surface area (Å²) in [6, 6.07) is 0. The zero-order valence-corrected chi connectivity index (χ0v) is 7.38. The lowest BCUT2D eigenvalue weighted by molar-refractivity contribution is 0.0562. The van der Waals surface area contributed by atoms with Crippen LogP contribution < -0.4 is 0 Å². The van der Waals surface area contributed by atoms with E-state index in [9.17, 15) is 4.79 Å². The Kier molecular flexibility index (Phi) is 2.47. The lowest BCUT2D eigenvalue weighted by atomic mass is 10.4. The second-order valence-corrected chi connectivity index (χ2v) is 2.37. The van der Waals surface area contributed by atoms with Crippen molar-refractivity contribution in [3.8, 4) is 0 Å². The van der Waals surface area contributed by atoms with Gasteiger partial charge in [0, 0.05) is 6.42 Å². The molecular formula is C8H11NO3. The normalized spacial score (nSPS) is 9.92. The Bertz CT molecular complexity index is 290. The molecule has 0 bridgehead atoms. The number of carbonyl (C=O) groups excluding carboxylic acids is 1. The third-order valence-electron chi connectivity index (χ3n) is 1.51. The molecule has 0 aliphatic heterocycles. The molecule has 1 aromatic heterocycles. The van der Waals surface area contributed by atoms with Crippen molar-refractivity contribution in [1.82, 2.24) is 4.98 Å². The largest absolute Gasteiger partial charge is 0.463 e. The van der Waals surface area contributed by atoms with Gasteiger partial charge in [-0.05, 0) is 6.92 Å². The summed E-state index contributed by atoms with van der Waals surface area (Å²) in [5.41, 5.74) is 0.582. The number of nitrogens with zero attached hydrogens (tertiary/aromatic N) is 1.